The lowest BCUT2D eigenvalue weighted by molar-refractivity contribution is -0.117. The summed E-state index contributed by atoms with van der Waals surface area (Å²) in [6.45, 7) is 0.835. The lowest BCUT2D eigenvalue weighted by atomic mass is 9.90. The Morgan fingerprint density at radius 2 is 1.90 bits per heavy atom. The summed E-state index contributed by atoms with van der Waals surface area (Å²) in [5.41, 5.74) is 3.01. The lowest BCUT2D eigenvalue weighted by Gasteiger charge is -2.25. The Morgan fingerprint density at radius 3 is 2.70 bits per heavy atom. The molecule has 1 unspecified atom stereocenters. The number of rotatable bonds is 2. The molecule has 3 rings (SSSR count). The number of nitrogens with one attached hydrogen (secondary N) is 2. The lowest BCUT2D eigenvalue weighted by Crippen LogP contribution is -2.27. The number of amides is 1. The van der Waals surface area contributed by atoms with Crippen molar-refractivity contribution in [1.82, 2.24) is 0 Å². The zero-order valence-corrected chi connectivity index (χ0v) is 13.1. The van der Waals surface area contributed by atoms with E-state index in [1.165, 1.54) is 0 Å². The van der Waals surface area contributed by atoms with E-state index in [2.05, 4.69) is 33.2 Å². The van der Waals surface area contributed by atoms with E-state index < -0.39 is 0 Å². The summed E-state index contributed by atoms with van der Waals surface area (Å²) >= 11 is 2.25. The summed E-state index contributed by atoms with van der Waals surface area (Å²) in [4.78, 5) is 12.5. The molecule has 0 aliphatic carbocycles. The van der Waals surface area contributed by atoms with Crippen molar-refractivity contribution in [2.75, 3.05) is 17.2 Å². The molecular formula is C16H15IN2O. The maximum absolute atomic E-state index is 12.5. The van der Waals surface area contributed by atoms with Gasteiger partial charge in [0, 0.05) is 21.5 Å². The van der Waals surface area contributed by atoms with Crippen LogP contribution in [0.2, 0.25) is 0 Å². The minimum atomic E-state index is -0.0771. The summed E-state index contributed by atoms with van der Waals surface area (Å²) in [5, 5.41) is 6.35. The number of benzene rings is 2. The maximum Gasteiger partial charge on any atom is 0.232 e. The molecule has 2 N–H and O–H groups in total. The maximum atomic E-state index is 12.5. The van der Waals surface area contributed by atoms with Crippen molar-refractivity contribution >= 4 is 39.9 Å². The smallest absolute Gasteiger partial charge is 0.232 e. The standard InChI is InChI=1S/C16H15IN2O/c17-11-5-7-12(8-6-11)19-16(20)14-9-10-18-15-4-2-1-3-13(14)15/h1-8,14,18H,9-10H2,(H,19,20). The Kier molecular flexibility index (Phi) is 3.91. The van der Waals surface area contributed by atoms with Crippen molar-refractivity contribution in [1.29, 1.82) is 0 Å². The van der Waals surface area contributed by atoms with Gasteiger partial charge >= 0.3 is 0 Å². The van der Waals surface area contributed by atoms with Crippen LogP contribution in [0.3, 0.4) is 0 Å². The van der Waals surface area contributed by atoms with Crippen LogP contribution in [-0.4, -0.2) is 12.5 Å². The molecule has 0 aromatic heterocycles. The fourth-order valence-corrected chi connectivity index (χ4v) is 2.86. The van der Waals surface area contributed by atoms with Crippen molar-refractivity contribution in [3.63, 3.8) is 0 Å². The third-order valence-corrected chi connectivity index (χ3v) is 4.23. The first-order chi connectivity index (χ1) is 9.74. The van der Waals surface area contributed by atoms with Gasteiger partial charge in [-0.05, 0) is 64.9 Å². The second-order valence-electron chi connectivity index (χ2n) is 4.85. The van der Waals surface area contributed by atoms with Gasteiger partial charge in [0.2, 0.25) is 5.91 Å². The van der Waals surface area contributed by atoms with Crippen LogP contribution in [0.4, 0.5) is 11.4 Å². The van der Waals surface area contributed by atoms with Crippen LogP contribution in [0.1, 0.15) is 17.9 Å². The van der Waals surface area contributed by atoms with Crippen molar-refractivity contribution in [3.05, 3.63) is 57.7 Å². The highest BCUT2D eigenvalue weighted by atomic mass is 127. The molecule has 0 fully saturated rings. The Bertz CT molecular complexity index is 625. The van der Waals surface area contributed by atoms with Gasteiger partial charge in [0.1, 0.15) is 0 Å². The van der Waals surface area contributed by atoms with Gasteiger partial charge in [0.25, 0.3) is 0 Å². The van der Waals surface area contributed by atoms with E-state index in [1.807, 2.05) is 48.5 Å². The fraction of sp³-hybridized carbons (Fsp3) is 0.188. The van der Waals surface area contributed by atoms with E-state index in [9.17, 15) is 4.79 Å². The number of carbonyl (C=O) groups is 1. The first-order valence-electron chi connectivity index (χ1n) is 6.63. The van der Waals surface area contributed by atoms with Crippen LogP contribution in [0, 0.1) is 3.57 Å². The Labute approximate surface area is 131 Å². The van der Waals surface area contributed by atoms with Gasteiger partial charge in [-0.15, -0.1) is 0 Å². The molecule has 2 aromatic rings. The Hall–Kier alpha value is -1.56. The number of anilines is 2. The summed E-state index contributed by atoms with van der Waals surface area (Å²) in [7, 11) is 0. The molecule has 1 aliphatic rings. The van der Waals surface area contributed by atoms with Gasteiger partial charge in [-0.3, -0.25) is 4.79 Å². The molecule has 4 heteroatoms. The van der Waals surface area contributed by atoms with Crippen molar-refractivity contribution < 1.29 is 4.79 Å². The molecule has 0 spiro atoms. The van der Waals surface area contributed by atoms with Crippen molar-refractivity contribution in [3.8, 4) is 0 Å². The van der Waals surface area contributed by atoms with Gasteiger partial charge in [-0.1, -0.05) is 18.2 Å². The average molecular weight is 378 g/mol. The normalized spacial score (nSPS) is 16.9. The number of fused-ring (bicyclic) bond motifs is 1. The first kappa shape index (κ1) is 13.4. The van der Waals surface area contributed by atoms with E-state index in [0.29, 0.717) is 0 Å². The van der Waals surface area contributed by atoms with Crippen LogP contribution in [0.25, 0.3) is 0 Å². The van der Waals surface area contributed by atoms with E-state index in [4.69, 9.17) is 0 Å². The quantitative estimate of drug-likeness (QED) is 0.780. The summed E-state index contributed by atoms with van der Waals surface area (Å²) in [6.07, 6.45) is 0.827. The number of hydrogen-bond donors (Lipinski definition) is 2. The second-order valence-corrected chi connectivity index (χ2v) is 6.10. The van der Waals surface area contributed by atoms with E-state index in [1.54, 1.807) is 0 Å². The number of carbonyl (C=O) groups excluding carboxylic acids is 1. The van der Waals surface area contributed by atoms with Crippen LogP contribution in [0.5, 0.6) is 0 Å². The molecule has 0 bridgehead atoms. The highest BCUT2D eigenvalue weighted by molar-refractivity contribution is 14.1. The molecule has 1 atom stereocenters. The van der Waals surface area contributed by atoms with E-state index in [0.717, 1.165) is 33.5 Å². The SMILES string of the molecule is O=C(Nc1ccc(I)cc1)C1CCNc2ccccc21. The van der Waals surface area contributed by atoms with Crippen LogP contribution in [-0.2, 0) is 4.79 Å². The minimum absolute atomic E-state index is 0.0696. The van der Waals surface area contributed by atoms with E-state index >= 15 is 0 Å². The zero-order valence-electron chi connectivity index (χ0n) is 10.9. The molecule has 102 valence electrons. The van der Waals surface area contributed by atoms with Gasteiger partial charge in [-0.2, -0.15) is 0 Å². The molecule has 1 amide bonds. The fourth-order valence-electron chi connectivity index (χ4n) is 2.50. The first-order valence-corrected chi connectivity index (χ1v) is 7.71. The van der Waals surface area contributed by atoms with Gasteiger partial charge in [-0.25, -0.2) is 0 Å². The predicted molar refractivity (Wildman–Crippen MR) is 90.1 cm³/mol. The Balaban J connectivity index is 1.80. The second kappa shape index (κ2) is 5.83. The molecule has 1 aliphatic heterocycles. The highest BCUT2D eigenvalue weighted by Crippen LogP contribution is 2.32. The van der Waals surface area contributed by atoms with E-state index in [-0.39, 0.29) is 11.8 Å². The minimum Gasteiger partial charge on any atom is -0.385 e. The average Bonchev–Trinajstić information content (AvgIpc) is 2.49. The van der Waals surface area contributed by atoms with Gasteiger partial charge in [0.15, 0.2) is 0 Å². The third-order valence-electron chi connectivity index (χ3n) is 3.51. The Morgan fingerprint density at radius 1 is 1.15 bits per heavy atom. The molecule has 2 aromatic carbocycles. The molecule has 0 radical (unpaired) electrons. The summed E-state index contributed by atoms with van der Waals surface area (Å²) in [5.74, 6) is -0.00751. The molecule has 1 heterocycles. The molecule has 0 saturated heterocycles. The molecule has 3 nitrogen and oxygen atoms in total. The van der Waals surface area contributed by atoms with Crippen LogP contribution < -0.4 is 10.6 Å². The monoisotopic (exact) mass is 378 g/mol. The highest BCUT2D eigenvalue weighted by Gasteiger charge is 2.26. The molecule has 0 saturated carbocycles. The van der Waals surface area contributed by atoms with Crippen molar-refractivity contribution in [2.45, 2.75) is 12.3 Å². The van der Waals surface area contributed by atoms with Crippen molar-refractivity contribution in [2.24, 2.45) is 0 Å². The number of halogens is 1. The topological polar surface area (TPSA) is 41.1 Å². The van der Waals surface area contributed by atoms with Crippen LogP contribution >= 0.6 is 22.6 Å². The number of para-hydroxylation sites is 1. The van der Waals surface area contributed by atoms with Gasteiger partial charge in [0.05, 0.1) is 5.92 Å². The molecular weight excluding hydrogens is 363 g/mol. The zero-order chi connectivity index (χ0) is 13.9. The summed E-state index contributed by atoms with van der Waals surface area (Å²) < 4.78 is 1.16. The largest absolute Gasteiger partial charge is 0.385 e. The summed E-state index contributed by atoms with van der Waals surface area (Å²) in [6, 6.07) is 15.9. The predicted octanol–water partition coefficient (Wildman–Crippen LogP) is 3.83. The van der Waals surface area contributed by atoms with Gasteiger partial charge < -0.3 is 10.6 Å². The number of hydrogen-bond acceptors (Lipinski definition) is 2. The third kappa shape index (κ3) is 2.80. The van der Waals surface area contributed by atoms with Crippen LogP contribution in [0.15, 0.2) is 48.5 Å². The molecule has 20 heavy (non-hydrogen) atoms.